The zero-order chi connectivity index (χ0) is 17.4. The van der Waals surface area contributed by atoms with Crippen molar-refractivity contribution in [3.8, 4) is 0 Å². The van der Waals surface area contributed by atoms with Gasteiger partial charge in [0.05, 0.1) is 5.75 Å². The summed E-state index contributed by atoms with van der Waals surface area (Å²) < 4.78 is 23.2. The predicted octanol–water partition coefficient (Wildman–Crippen LogP) is 2.71. The van der Waals surface area contributed by atoms with Crippen LogP contribution < -0.4 is 0 Å². The zero-order valence-electron chi connectivity index (χ0n) is 14.6. The van der Waals surface area contributed by atoms with Crippen molar-refractivity contribution >= 4 is 15.6 Å². The van der Waals surface area contributed by atoms with Gasteiger partial charge < -0.3 is 4.90 Å². The average molecular weight is 349 g/mol. The number of Topliss-reactive ketones (excluding diaryl/α,β-unsaturated/α-hetero) is 1. The number of rotatable bonds is 6. The van der Waals surface area contributed by atoms with Crippen LogP contribution in [0.4, 0.5) is 0 Å². The molecule has 0 unspecified atom stereocenters. The summed E-state index contributed by atoms with van der Waals surface area (Å²) in [5, 5.41) is 0. The van der Waals surface area contributed by atoms with E-state index in [1.165, 1.54) is 11.8 Å². The van der Waals surface area contributed by atoms with E-state index in [9.17, 15) is 13.2 Å². The van der Waals surface area contributed by atoms with Crippen LogP contribution in [0.5, 0.6) is 0 Å². The highest BCUT2D eigenvalue weighted by Crippen LogP contribution is 2.47. The Bertz CT molecular complexity index is 697. The predicted molar refractivity (Wildman–Crippen MR) is 96.1 cm³/mol. The number of sulfone groups is 1. The first-order valence-corrected chi connectivity index (χ1v) is 10.8. The molecule has 1 aliphatic heterocycles. The van der Waals surface area contributed by atoms with E-state index in [-0.39, 0.29) is 17.1 Å². The second-order valence-electron chi connectivity index (χ2n) is 7.85. The zero-order valence-corrected chi connectivity index (χ0v) is 15.4. The Labute approximate surface area is 145 Å². The molecule has 0 amide bonds. The van der Waals surface area contributed by atoms with Gasteiger partial charge in [-0.2, -0.15) is 0 Å². The van der Waals surface area contributed by atoms with Gasteiger partial charge in [0.2, 0.25) is 0 Å². The molecule has 1 aromatic carbocycles. The van der Waals surface area contributed by atoms with Crippen molar-refractivity contribution in [1.82, 2.24) is 4.90 Å². The Kier molecular flexibility index (Phi) is 4.85. The van der Waals surface area contributed by atoms with Gasteiger partial charge in [-0.05, 0) is 51.1 Å². The number of ketones is 1. The molecule has 0 N–H and O–H groups in total. The molecule has 0 spiro atoms. The third-order valence-electron chi connectivity index (χ3n) is 5.38. The van der Waals surface area contributed by atoms with E-state index in [1.807, 2.05) is 31.2 Å². The lowest BCUT2D eigenvalue weighted by atomic mass is 9.88. The summed E-state index contributed by atoms with van der Waals surface area (Å²) in [6, 6.07) is 7.83. The van der Waals surface area contributed by atoms with Gasteiger partial charge in [-0.25, -0.2) is 8.42 Å². The summed E-state index contributed by atoms with van der Waals surface area (Å²) in [6.07, 6.45) is 5.12. The Morgan fingerprint density at radius 2 is 1.75 bits per heavy atom. The van der Waals surface area contributed by atoms with Crippen LogP contribution in [0.1, 0.15) is 41.6 Å². The van der Waals surface area contributed by atoms with Gasteiger partial charge in [-0.15, -0.1) is 0 Å². The molecular weight excluding hydrogens is 322 g/mol. The average Bonchev–Trinajstić information content (AvgIpc) is 3.25. The number of benzene rings is 1. The Morgan fingerprint density at radius 1 is 1.17 bits per heavy atom. The summed E-state index contributed by atoms with van der Waals surface area (Å²) >= 11 is 0. The number of hydrogen-bond acceptors (Lipinski definition) is 4. The number of likely N-dealkylation sites (tertiary alicyclic amines) is 1. The quantitative estimate of drug-likeness (QED) is 0.741. The van der Waals surface area contributed by atoms with E-state index in [2.05, 4.69) is 4.90 Å². The number of carbonyl (C=O) groups excluding carboxylic acids is 1. The van der Waals surface area contributed by atoms with Crippen molar-refractivity contribution in [3.63, 3.8) is 0 Å². The molecule has 0 bridgehead atoms. The van der Waals surface area contributed by atoms with Gasteiger partial charge in [-0.3, -0.25) is 4.79 Å². The van der Waals surface area contributed by atoms with Crippen molar-refractivity contribution < 1.29 is 13.2 Å². The Balaban J connectivity index is 1.53. The van der Waals surface area contributed by atoms with Gasteiger partial charge in [0.1, 0.15) is 9.84 Å². The SMILES string of the molecule is Cc1ccc(C(=O)C2CCN(CC3(CS(C)(=O)=O)CC3)CC2)cc1. The topological polar surface area (TPSA) is 54.5 Å². The van der Waals surface area contributed by atoms with E-state index in [4.69, 9.17) is 0 Å². The van der Waals surface area contributed by atoms with E-state index < -0.39 is 9.84 Å². The smallest absolute Gasteiger partial charge is 0.166 e. The molecule has 0 atom stereocenters. The maximum Gasteiger partial charge on any atom is 0.166 e. The summed E-state index contributed by atoms with van der Waals surface area (Å²) in [4.78, 5) is 15.0. The third kappa shape index (κ3) is 4.45. The highest BCUT2D eigenvalue weighted by atomic mass is 32.2. The largest absolute Gasteiger partial charge is 0.303 e. The molecule has 5 heteroatoms. The van der Waals surface area contributed by atoms with Crippen LogP contribution in [0.3, 0.4) is 0 Å². The monoisotopic (exact) mass is 349 g/mol. The molecule has 1 aliphatic carbocycles. The summed E-state index contributed by atoms with van der Waals surface area (Å²) in [7, 11) is -2.91. The number of nitrogens with zero attached hydrogens (tertiary/aromatic N) is 1. The van der Waals surface area contributed by atoms with Crippen LogP contribution in [-0.4, -0.2) is 50.7 Å². The standard InChI is InChI=1S/C19H27NO3S/c1-15-3-5-16(6-4-15)18(21)17-7-11-20(12-8-17)13-19(9-10-19)14-24(2,22)23/h3-6,17H,7-14H2,1-2H3. The highest BCUT2D eigenvalue weighted by molar-refractivity contribution is 7.90. The molecule has 4 nitrogen and oxygen atoms in total. The fraction of sp³-hybridized carbons (Fsp3) is 0.632. The fourth-order valence-corrected chi connectivity index (χ4v) is 5.35. The summed E-state index contributed by atoms with van der Waals surface area (Å²) in [5.41, 5.74) is 1.97. The normalized spacial score (nSPS) is 21.6. The number of aryl methyl sites for hydroxylation is 1. The minimum absolute atomic E-state index is 0.0125. The van der Waals surface area contributed by atoms with Crippen molar-refractivity contribution in [2.24, 2.45) is 11.3 Å². The Morgan fingerprint density at radius 3 is 2.25 bits per heavy atom. The summed E-state index contributed by atoms with van der Waals surface area (Å²) in [5.74, 6) is 0.670. The van der Waals surface area contributed by atoms with E-state index >= 15 is 0 Å². The molecule has 0 aromatic heterocycles. The van der Waals surface area contributed by atoms with Gasteiger partial charge in [0, 0.05) is 24.3 Å². The molecule has 132 valence electrons. The number of carbonyl (C=O) groups is 1. The molecule has 24 heavy (non-hydrogen) atoms. The molecule has 0 radical (unpaired) electrons. The van der Waals surface area contributed by atoms with Crippen LogP contribution in [0.15, 0.2) is 24.3 Å². The number of piperidine rings is 1. The van der Waals surface area contributed by atoms with Crippen LogP contribution in [-0.2, 0) is 9.84 Å². The minimum Gasteiger partial charge on any atom is -0.303 e. The molecule has 1 heterocycles. The molecule has 2 aliphatic rings. The number of hydrogen-bond donors (Lipinski definition) is 0. The second-order valence-corrected chi connectivity index (χ2v) is 9.99. The van der Waals surface area contributed by atoms with Crippen molar-refractivity contribution in [1.29, 1.82) is 0 Å². The lowest BCUT2D eigenvalue weighted by Gasteiger charge is -2.33. The van der Waals surface area contributed by atoms with Crippen LogP contribution >= 0.6 is 0 Å². The highest BCUT2D eigenvalue weighted by Gasteiger charge is 2.46. The van der Waals surface area contributed by atoms with Gasteiger partial charge in [-0.1, -0.05) is 29.8 Å². The van der Waals surface area contributed by atoms with Crippen molar-refractivity contribution in [3.05, 3.63) is 35.4 Å². The van der Waals surface area contributed by atoms with Gasteiger partial charge in [0.15, 0.2) is 5.78 Å². The molecule has 1 saturated heterocycles. The van der Waals surface area contributed by atoms with Crippen molar-refractivity contribution in [2.75, 3.05) is 31.6 Å². The summed E-state index contributed by atoms with van der Waals surface area (Å²) in [6.45, 7) is 4.68. The second kappa shape index (κ2) is 6.60. The fourth-order valence-electron chi connectivity index (χ4n) is 3.86. The lowest BCUT2D eigenvalue weighted by molar-refractivity contribution is 0.0825. The Hall–Kier alpha value is -1.20. The van der Waals surface area contributed by atoms with Crippen molar-refractivity contribution in [2.45, 2.75) is 32.6 Å². The van der Waals surface area contributed by atoms with E-state index in [0.29, 0.717) is 5.75 Å². The van der Waals surface area contributed by atoms with E-state index in [0.717, 1.165) is 50.9 Å². The minimum atomic E-state index is -2.91. The maximum atomic E-state index is 12.6. The molecule has 3 rings (SSSR count). The van der Waals surface area contributed by atoms with Gasteiger partial charge >= 0.3 is 0 Å². The van der Waals surface area contributed by atoms with Crippen LogP contribution in [0.25, 0.3) is 0 Å². The molecule has 2 fully saturated rings. The lowest BCUT2D eigenvalue weighted by Crippen LogP contribution is -2.41. The van der Waals surface area contributed by atoms with Crippen LogP contribution in [0, 0.1) is 18.3 Å². The maximum absolute atomic E-state index is 12.6. The first-order valence-electron chi connectivity index (χ1n) is 8.77. The van der Waals surface area contributed by atoms with Crippen LogP contribution in [0.2, 0.25) is 0 Å². The molecule has 1 saturated carbocycles. The van der Waals surface area contributed by atoms with Gasteiger partial charge in [0.25, 0.3) is 0 Å². The first-order chi connectivity index (χ1) is 11.3. The molecule has 1 aromatic rings. The first kappa shape index (κ1) is 17.6. The molecular formula is C19H27NO3S. The third-order valence-corrected chi connectivity index (χ3v) is 6.52. The van der Waals surface area contributed by atoms with E-state index in [1.54, 1.807) is 0 Å².